The highest BCUT2D eigenvalue weighted by atomic mass is 32.2. The summed E-state index contributed by atoms with van der Waals surface area (Å²) in [4.78, 5) is 36.5. The zero-order chi connectivity index (χ0) is 18.6. The monoisotopic (exact) mass is 380 g/mol. The minimum atomic E-state index is -4.55. The highest BCUT2D eigenvalue weighted by molar-refractivity contribution is 7.99. The normalized spacial score (nSPS) is 20.4. The molecule has 1 saturated heterocycles. The molecule has 2 rings (SSSR count). The molecule has 2 amide bonds. The fourth-order valence-corrected chi connectivity index (χ4v) is 3.62. The second-order valence-corrected chi connectivity index (χ2v) is 6.26. The second-order valence-electron chi connectivity index (χ2n) is 5.14. The maximum atomic E-state index is 12.1. The van der Waals surface area contributed by atoms with Gasteiger partial charge in [0.25, 0.3) is 5.91 Å². The van der Waals surface area contributed by atoms with Crippen LogP contribution in [0, 0.1) is 0 Å². The lowest BCUT2D eigenvalue weighted by Crippen LogP contribution is -2.44. The molecule has 0 bridgehead atoms. The Labute approximate surface area is 144 Å². The average molecular weight is 380 g/mol. The number of ether oxygens (including phenoxy) is 1. The Morgan fingerprint density at radius 1 is 1.44 bits per heavy atom. The standard InChI is InChI=1S/C14H15F3N2O5S/c1-8(20)19-9(6-25-12(19)10-3-2-4-23-10)13(22)24-5-11(21)18-7-14(15,16)17/h2-4,9,12H,5-7H2,1H3,(H,18,21)/t9-,12+/m0/s1. The van der Waals surface area contributed by atoms with E-state index in [2.05, 4.69) is 0 Å². The molecule has 11 heteroatoms. The van der Waals surface area contributed by atoms with Crippen LogP contribution in [0.25, 0.3) is 0 Å². The topological polar surface area (TPSA) is 88.8 Å². The summed E-state index contributed by atoms with van der Waals surface area (Å²) in [7, 11) is 0. The van der Waals surface area contributed by atoms with Crippen molar-refractivity contribution in [1.82, 2.24) is 10.2 Å². The van der Waals surface area contributed by atoms with Crippen molar-refractivity contribution in [2.45, 2.75) is 24.5 Å². The van der Waals surface area contributed by atoms with E-state index in [4.69, 9.17) is 9.15 Å². The highest BCUT2D eigenvalue weighted by Gasteiger charge is 2.43. The molecule has 7 nitrogen and oxygen atoms in total. The first-order valence-electron chi connectivity index (χ1n) is 7.13. The van der Waals surface area contributed by atoms with Gasteiger partial charge in [0.1, 0.15) is 23.7 Å². The van der Waals surface area contributed by atoms with E-state index in [0.29, 0.717) is 5.76 Å². The van der Waals surface area contributed by atoms with Crippen LogP contribution in [0.5, 0.6) is 0 Å². The Morgan fingerprint density at radius 2 is 2.16 bits per heavy atom. The van der Waals surface area contributed by atoms with Gasteiger partial charge in [-0.1, -0.05) is 0 Å². The van der Waals surface area contributed by atoms with E-state index in [1.54, 1.807) is 17.4 Å². The summed E-state index contributed by atoms with van der Waals surface area (Å²) in [6.45, 7) is -1.09. The van der Waals surface area contributed by atoms with Crippen molar-refractivity contribution < 1.29 is 36.7 Å². The molecule has 0 aliphatic carbocycles. The van der Waals surface area contributed by atoms with Crippen LogP contribution >= 0.6 is 11.8 Å². The molecule has 1 fully saturated rings. The molecule has 25 heavy (non-hydrogen) atoms. The predicted octanol–water partition coefficient (Wildman–Crippen LogP) is 1.46. The van der Waals surface area contributed by atoms with Gasteiger partial charge in [0, 0.05) is 12.7 Å². The molecule has 2 atom stereocenters. The number of esters is 1. The van der Waals surface area contributed by atoms with Gasteiger partial charge in [-0.25, -0.2) is 4.79 Å². The number of thioether (sulfide) groups is 1. The molecule has 1 N–H and O–H groups in total. The number of amides is 2. The van der Waals surface area contributed by atoms with Gasteiger partial charge in [0.15, 0.2) is 6.61 Å². The molecule has 138 valence electrons. The number of hydrogen-bond acceptors (Lipinski definition) is 6. The van der Waals surface area contributed by atoms with Crippen LogP contribution in [0.3, 0.4) is 0 Å². The maximum Gasteiger partial charge on any atom is 0.405 e. The molecular formula is C14H15F3N2O5S. The maximum absolute atomic E-state index is 12.1. The van der Waals surface area contributed by atoms with E-state index in [0.717, 1.165) is 0 Å². The Balaban J connectivity index is 1.92. The zero-order valence-electron chi connectivity index (χ0n) is 13.0. The summed E-state index contributed by atoms with van der Waals surface area (Å²) in [5.74, 6) is -1.63. The number of rotatable bonds is 5. The zero-order valence-corrected chi connectivity index (χ0v) is 13.9. The summed E-state index contributed by atoms with van der Waals surface area (Å²) in [6.07, 6.45) is -3.12. The molecule has 1 aromatic rings. The van der Waals surface area contributed by atoms with Crippen molar-refractivity contribution in [2.24, 2.45) is 0 Å². The third kappa shape index (κ3) is 5.15. The quantitative estimate of drug-likeness (QED) is 0.778. The second kappa shape index (κ2) is 7.81. The summed E-state index contributed by atoms with van der Waals surface area (Å²) < 4.78 is 46.0. The van der Waals surface area contributed by atoms with Gasteiger partial charge in [-0.15, -0.1) is 11.8 Å². The molecule has 0 unspecified atom stereocenters. The molecule has 0 spiro atoms. The van der Waals surface area contributed by atoms with E-state index in [1.807, 2.05) is 0 Å². The van der Waals surface area contributed by atoms with Crippen molar-refractivity contribution in [2.75, 3.05) is 18.9 Å². The number of carbonyl (C=O) groups is 3. The first-order chi connectivity index (χ1) is 11.7. The smallest absolute Gasteiger partial charge is 0.405 e. The largest absolute Gasteiger partial charge is 0.466 e. The number of alkyl halides is 3. The van der Waals surface area contributed by atoms with Crippen molar-refractivity contribution in [3.05, 3.63) is 24.2 Å². The fraction of sp³-hybridized carbons (Fsp3) is 0.500. The van der Waals surface area contributed by atoms with Crippen molar-refractivity contribution in [1.29, 1.82) is 0 Å². The first-order valence-corrected chi connectivity index (χ1v) is 8.18. The minimum absolute atomic E-state index is 0.216. The van der Waals surface area contributed by atoms with Gasteiger partial charge < -0.3 is 19.4 Å². The molecule has 1 aromatic heterocycles. The minimum Gasteiger partial charge on any atom is -0.466 e. The lowest BCUT2D eigenvalue weighted by atomic mass is 10.2. The summed E-state index contributed by atoms with van der Waals surface area (Å²) in [5.41, 5.74) is 0. The van der Waals surface area contributed by atoms with Crippen LogP contribution < -0.4 is 5.32 Å². The predicted molar refractivity (Wildman–Crippen MR) is 80.2 cm³/mol. The summed E-state index contributed by atoms with van der Waals surface area (Å²) in [5, 5.41) is 1.08. The molecular weight excluding hydrogens is 365 g/mol. The van der Waals surface area contributed by atoms with Gasteiger partial charge >= 0.3 is 12.1 Å². The van der Waals surface area contributed by atoms with Crippen molar-refractivity contribution in [3.8, 4) is 0 Å². The van der Waals surface area contributed by atoms with Crippen LogP contribution in [-0.2, 0) is 19.1 Å². The van der Waals surface area contributed by atoms with Crippen LogP contribution in [0.1, 0.15) is 18.1 Å². The molecule has 2 heterocycles. The number of nitrogens with one attached hydrogen (secondary N) is 1. The molecule has 0 saturated carbocycles. The van der Waals surface area contributed by atoms with E-state index >= 15 is 0 Å². The van der Waals surface area contributed by atoms with E-state index in [9.17, 15) is 27.6 Å². The molecule has 0 radical (unpaired) electrons. The third-order valence-electron chi connectivity index (χ3n) is 3.25. The molecule has 0 aromatic carbocycles. The van der Waals surface area contributed by atoms with Crippen LogP contribution in [-0.4, -0.2) is 53.8 Å². The molecule has 1 aliphatic rings. The van der Waals surface area contributed by atoms with Crippen LogP contribution in [0.15, 0.2) is 22.8 Å². The third-order valence-corrected chi connectivity index (χ3v) is 4.54. The van der Waals surface area contributed by atoms with Gasteiger partial charge in [-0.2, -0.15) is 13.2 Å². The van der Waals surface area contributed by atoms with Gasteiger partial charge in [-0.05, 0) is 12.1 Å². The number of hydrogen-bond donors (Lipinski definition) is 1. The SMILES string of the molecule is CC(=O)N1[C@@H](c2ccco2)SC[C@H]1C(=O)OCC(=O)NCC(F)(F)F. The van der Waals surface area contributed by atoms with E-state index in [-0.39, 0.29) is 5.75 Å². The number of nitrogens with zero attached hydrogens (tertiary/aromatic N) is 1. The number of halogens is 3. The number of furan rings is 1. The lowest BCUT2D eigenvalue weighted by Gasteiger charge is -2.25. The molecule has 1 aliphatic heterocycles. The van der Waals surface area contributed by atoms with E-state index in [1.165, 1.54) is 29.8 Å². The first kappa shape index (κ1) is 19.2. The Kier molecular flexibility index (Phi) is 5.98. The van der Waals surface area contributed by atoms with Crippen LogP contribution in [0.4, 0.5) is 13.2 Å². The Bertz CT molecular complexity index is 635. The van der Waals surface area contributed by atoms with Crippen molar-refractivity contribution in [3.63, 3.8) is 0 Å². The summed E-state index contributed by atoms with van der Waals surface area (Å²) >= 11 is 1.28. The van der Waals surface area contributed by atoms with Gasteiger partial charge in [-0.3, -0.25) is 9.59 Å². The van der Waals surface area contributed by atoms with Gasteiger partial charge in [0.05, 0.1) is 6.26 Å². The van der Waals surface area contributed by atoms with Gasteiger partial charge in [0.2, 0.25) is 5.91 Å². The average Bonchev–Trinajstić information content (AvgIpc) is 3.17. The van der Waals surface area contributed by atoms with Crippen LogP contribution in [0.2, 0.25) is 0 Å². The Hall–Kier alpha value is -2.17. The highest BCUT2D eigenvalue weighted by Crippen LogP contribution is 2.41. The number of carbonyl (C=O) groups excluding carboxylic acids is 3. The fourth-order valence-electron chi connectivity index (χ4n) is 2.21. The lowest BCUT2D eigenvalue weighted by molar-refractivity contribution is -0.157. The van der Waals surface area contributed by atoms with Crippen molar-refractivity contribution >= 4 is 29.5 Å². The summed E-state index contributed by atoms with van der Waals surface area (Å²) in [6, 6.07) is 2.35. The Morgan fingerprint density at radius 3 is 2.72 bits per heavy atom. The van der Waals surface area contributed by atoms with E-state index < -0.39 is 48.5 Å².